The molecule has 1 aromatic carbocycles. The second-order valence-electron chi connectivity index (χ2n) is 8.16. The first-order valence-electron chi connectivity index (χ1n) is 10.7. The maximum Gasteiger partial charge on any atom is 0.266 e. The van der Waals surface area contributed by atoms with E-state index in [2.05, 4.69) is 5.32 Å². The molecule has 1 aliphatic carbocycles. The van der Waals surface area contributed by atoms with Gasteiger partial charge in [0.2, 0.25) is 0 Å². The minimum absolute atomic E-state index is 0.0840. The first-order chi connectivity index (χ1) is 16.2. The topological polar surface area (TPSA) is 101 Å². The molecule has 3 aromatic rings. The standard InChI is InChI=1S/C25H22Cl2N4O2S/c1-13-9-15(14(2)31(13)20-11-17(26)7-8-19(20)27)10-16(12-28)24(33)30-25-22(23(29)32)18-5-3-4-6-21(18)34-25/h7-11H,3-6H2,1-2H3,(H2,29,32)(H,30,33)/b16-10+. The molecule has 174 valence electrons. The molecular formula is C25H22Cl2N4O2S. The zero-order chi connectivity index (χ0) is 24.6. The summed E-state index contributed by atoms with van der Waals surface area (Å²) in [6, 6.07) is 9.04. The van der Waals surface area contributed by atoms with Gasteiger partial charge in [-0.25, -0.2) is 0 Å². The van der Waals surface area contributed by atoms with Crippen molar-refractivity contribution in [1.82, 2.24) is 4.57 Å². The number of hydrogen-bond acceptors (Lipinski definition) is 4. The molecule has 34 heavy (non-hydrogen) atoms. The van der Waals surface area contributed by atoms with Crippen LogP contribution in [0.15, 0.2) is 29.8 Å². The number of nitriles is 1. The molecule has 0 saturated heterocycles. The summed E-state index contributed by atoms with van der Waals surface area (Å²) in [5, 5.41) is 14.0. The lowest BCUT2D eigenvalue weighted by atomic mass is 9.95. The number of hydrogen-bond donors (Lipinski definition) is 2. The number of primary amides is 1. The molecular weight excluding hydrogens is 491 g/mol. The lowest BCUT2D eigenvalue weighted by molar-refractivity contribution is -0.112. The number of amides is 2. The van der Waals surface area contributed by atoms with Crippen molar-refractivity contribution in [2.45, 2.75) is 39.5 Å². The normalized spacial score (nSPS) is 13.3. The van der Waals surface area contributed by atoms with Crippen LogP contribution in [0.4, 0.5) is 5.00 Å². The van der Waals surface area contributed by atoms with Crippen LogP contribution in [0.1, 0.15) is 50.6 Å². The van der Waals surface area contributed by atoms with Gasteiger partial charge in [-0.3, -0.25) is 9.59 Å². The third-order valence-electron chi connectivity index (χ3n) is 5.93. The lowest BCUT2D eigenvalue weighted by Gasteiger charge is -2.12. The van der Waals surface area contributed by atoms with Gasteiger partial charge in [0.25, 0.3) is 11.8 Å². The number of thiophene rings is 1. The monoisotopic (exact) mass is 512 g/mol. The Labute approximate surface area is 211 Å². The first kappa shape index (κ1) is 24.1. The largest absolute Gasteiger partial charge is 0.365 e. The van der Waals surface area contributed by atoms with Crippen LogP contribution in [0.5, 0.6) is 0 Å². The van der Waals surface area contributed by atoms with E-state index in [1.807, 2.05) is 30.6 Å². The number of halogens is 2. The Morgan fingerprint density at radius 2 is 1.94 bits per heavy atom. The molecule has 0 atom stereocenters. The Kier molecular flexibility index (Phi) is 6.85. The number of aryl methyl sites for hydroxylation is 2. The van der Waals surface area contributed by atoms with Gasteiger partial charge >= 0.3 is 0 Å². The Balaban J connectivity index is 1.69. The van der Waals surface area contributed by atoms with Gasteiger partial charge in [0.1, 0.15) is 16.6 Å². The number of nitrogens with one attached hydrogen (secondary N) is 1. The van der Waals surface area contributed by atoms with Crippen molar-refractivity contribution in [2.24, 2.45) is 5.73 Å². The van der Waals surface area contributed by atoms with Gasteiger partial charge in [0.15, 0.2) is 0 Å². The molecule has 0 fully saturated rings. The minimum atomic E-state index is -0.589. The Bertz CT molecular complexity index is 1390. The van der Waals surface area contributed by atoms with Gasteiger partial charge in [-0.05, 0) is 81.0 Å². The smallest absolute Gasteiger partial charge is 0.266 e. The molecule has 6 nitrogen and oxygen atoms in total. The molecule has 0 unspecified atom stereocenters. The van der Waals surface area contributed by atoms with E-state index in [-0.39, 0.29) is 5.57 Å². The summed E-state index contributed by atoms with van der Waals surface area (Å²) < 4.78 is 1.92. The van der Waals surface area contributed by atoms with E-state index < -0.39 is 11.8 Å². The van der Waals surface area contributed by atoms with Gasteiger partial charge in [-0.2, -0.15) is 5.26 Å². The van der Waals surface area contributed by atoms with Crippen LogP contribution in [0.2, 0.25) is 10.0 Å². The van der Waals surface area contributed by atoms with Crippen molar-refractivity contribution in [3.63, 3.8) is 0 Å². The summed E-state index contributed by atoms with van der Waals surface area (Å²) in [5.74, 6) is -1.16. The highest BCUT2D eigenvalue weighted by Crippen LogP contribution is 2.38. The highest BCUT2D eigenvalue weighted by atomic mass is 35.5. The number of rotatable bonds is 5. The number of carbonyl (C=O) groups is 2. The fraction of sp³-hybridized carbons (Fsp3) is 0.240. The molecule has 0 bridgehead atoms. The molecule has 0 spiro atoms. The van der Waals surface area contributed by atoms with Gasteiger partial charge < -0.3 is 15.6 Å². The molecule has 2 heterocycles. The fourth-order valence-electron chi connectivity index (χ4n) is 4.35. The van der Waals surface area contributed by atoms with Gasteiger partial charge in [-0.1, -0.05) is 23.2 Å². The number of benzene rings is 1. The first-order valence-corrected chi connectivity index (χ1v) is 12.3. The molecule has 1 aliphatic rings. The number of anilines is 1. The Morgan fingerprint density at radius 1 is 1.21 bits per heavy atom. The second kappa shape index (κ2) is 9.67. The zero-order valence-corrected chi connectivity index (χ0v) is 21.0. The fourth-order valence-corrected chi connectivity index (χ4v) is 6.01. The molecule has 3 N–H and O–H groups in total. The zero-order valence-electron chi connectivity index (χ0n) is 18.7. The molecule has 9 heteroatoms. The summed E-state index contributed by atoms with van der Waals surface area (Å²) in [5.41, 5.74) is 9.89. The van der Waals surface area contributed by atoms with Gasteiger partial charge in [0.05, 0.1) is 16.3 Å². The van der Waals surface area contributed by atoms with Crippen LogP contribution in [-0.2, 0) is 17.6 Å². The summed E-state index contributed by atoms with van der Waals surface area (Å²) in [6.07, 6.45) is 5.17. The van der Waals surface area contributed by atoms with Crippen molar-refractivity contribution in [1.29, 1.82) is 5.26 Å². The molecule has 4 rings (SSSR count). The van der Waals surface area contributed by atoms with E-state index in [1.165, 1.54) is 17.4 Å². The second-order valence-corrected chi connectivity index (χ2v) is 10.1. The van der Waals surface area contributed by atoms with E-state index >= 15 is 0 Å². The van der Waals surface area contributed by atoms with Gasteiger partial charge in [0, 0.05) is 21.3 Å². The number of nitrogens with zero attached hydrogens (tertiary/aromatic N) is 2. The van der Waals surface area contributed by atoms with E-state index in [1.54, 1.807) is 18.2 Å². The maximum absolute atomic E-state index is 13.0. The lowest BCUT2D eigenvalue weighted by Crippen LogP contribution is -2.19. The van der Waals surface area contributed by atoms with E-state index in [9.17, 15) is 14.9 Å². The number of aromatic nitrogens is 1. The Morgan fingerprint density at radius 3 is 2.65 bits per heavy atom. The van der Waals surface area contributed by atoms with Crippen LogP contribution in [0.25, 0.3) is 11.8 Å². The van der Waals surface area contributed by atoms with Crippen molar-refractivity contribution < 1.29 is 9.59 Å². The highest BCUT2D eigenvalue weighted by Gasteiger charge is 2.26. The molecule has 0 saturated carbocycles. The summed E-state index contributed by atoms with van der Waals surface area (Å²) in [4.78, 5) is 26.2. The van der Waals surface area contributed by atoms with Crippen molar-refractivity contribution in [3.8, 4) is 11.8 Å². The average molecular weight is 513 g/mol. The average Bonchev–Trinajstić information content (AvgIpc) is 3.29. The van der Waals surface area contributed by atoms with E-state index in [0.29, 0.717) is 31.9 Å². The van der Waals surface area contributed by atoms with Crippen LogP contribution in [0.3, 0.4) is 0 Å². The quantitative estimate of drug-likeness (QED) is 0.324. The summed E-state index contributed by atoms with van der Waals surface area (Å²) >= 11 is 13.9. The third-order valence-corrected chi connectivity index (χ3v) is 7.69. The minimum Gasteiger partial charge on any atom is -0.365 e. The van der Waals surface area contributed by atoms with Crippen LogP contribution in [-0.4, -0.2) is 16.4 Å². The van der Waals surface area contributed by atoms with Crippen molar-refractivity contribution in [2.75, 3.05) is 5.32 Å². The maximum atomic E-state index is 13.0. The molecule has 0 radical (unpaired) electrons. The SMILES string of the molecule is Cc1cc(/C=C(\C#N)C(=O)Nc2sc3c(c2C(N)=O)CCCC3)c(C)n1-c1cc(Cl)ccc1Cl. The van der Waals surface area contributed by atoms with E-state index in [0.717, 1.165) is 47.5 Å². The predicted octanol–water partition coefficient (Wildman–Crippen LogP) is 5.99. The summed E-state index contributed by atoms with van der Waals surface area (Å²) in [7, 11) is 0. The van der Waals surface area contributed by atoms with Crippen LogP contribution < -0.4 is 11.1 Å². The molecule has 2 amide bonds. The molecule has 2 aromatic heterocycles. The van der Waals surface area contributed by atoms with Crippen LogP contribution in [0, 0.1) is 25.2 Å². The number of nitrogens with two attached hydrogens (primary N) is 1. The molecule has 0 aliphatic heterocycles. The van der Waals surface area contributed by atoms with Crippen molar-refractivity contribution >= 4 is 57.4 Å². The summed E-state index contributed by atoms with van der Waals surface area (Å²) in [6.45, 7) is 3.78. The van der Waals surface area contributed by atoms with Crippen LogP contribution >= 0.6 is 34.5 Å². The number of fused-ring (bicyclic) bond motifs is 1. The van der Waals surface area contributed by atoms with E-state index in [4.69, 9.17) is 28.9 Å². The predicted molar refractivity (Wildman–Crippen MR) is 137 cm³/mol. The third kappa shape index (κ3) is 4.49. The van der Waals surface area contributed by atoms with Gasteiger partial charge in [-0.15, -0.1) is 11.3 Å². The highest BCUT2D eigenvalue weighted by molar-refractivity contribution is 7.17. The Hall–Kier alpha value is -3.05. The number of carbonyl (C=O) groups excluding carboxylic acids is 2. The van der Waals surface area contributed by atoms with Crippen molar-refractivity contribution in [3.05, 3.63) is 72.8 Å².